The number of aromatic nitrogens is 1. The van der Waals surface area contributed by atoms with Crippen LogP contribution in [0.3, 0.4) is 0 Å². The summed E-state index contributed by atoms with van der Waals surface area (Å²) in [6, 6.07) is 1.89. The van der Waals surface area contributed by atoms with Crippen LogP contribution in [-0.4, -0.2) is 36.1 Å². The van der Waals surface area contributed by atoms with E-state index in [0.717, 1.165) is 23.2 Å². The fourth-order valence-electron chi connectivity index (χ4n) is 1.57. The Labute approximate surface area is 105 Å². The minimum absolute atomic E-state index is 0.794. The zero-order valence-corrected chi connectivity index (χ0v) is 10.9. The maximum Gasteiger partial charge on any atom is 0.136 e. The average Bonchev–Trinajstić information content (AvgIpc) is 3.09. The molecule has 1 aromatic rings. The summed E-state index contributed by atoms with van der Waals surface area (Å²) in [5.74, 6) is 0.890. The predicted octanol–water partition coefficient (Wildman–Crippen LogP) is 2.71. The topological polar surface area (TPSA) is 25.1 Å². The zero-order valence-electron chi connectivity index (χ0n) is 9.36. The van der Waals surface area contributed by atoms with Crippen LogP contribution in [0.1, 0.15) is 19.3 Å². The van der Waals surface area contributed by atoms with Crippen LogP contribution < -0.4 is 4.74 Å². The number of unbranched alkanes of at least 4 members (excludes halogenated alkanes) is 2. The highest BCUT2D eigenvalue weighted by Crippen LogP contribution is 2.22. The first-order valence-electron chi connectivity index (χ1n) is 5.81. The fraction of sp³-hybridized carbons (Fsp3) is 0.583. The summed E-state index contributed by atoms with van der Waals surface area (Å²) in [6.45, 7) is 4.67. The van der Waals surface area contributed by atoms with E-state index in [9.17, 15) is 0 Å². The number of rotatable bonds is 7. The molecule has 2 heterocycles. The standard InChI is InChI=1S/C12H17BrN2O/c13-11-10-14-5-4-12(11)16-9-3-1-2-6-15-7-8-15/h4-5,10H,1-3,6-9H2. The Morgan fingerprint density at radius 3 is 2.94 bits per heavy atom. The van der Waals surface area contributed by atoms with E-state index in [1.54, 1.807) is 12.4 Å². The second kappa shape index (κ2) is 6.21. The lowest BCUT2D eigenvalue weighted by Crippen LogP contribution is -2.02. The minimum Gasteiger partial charge on any atom is -0.492 e. The van der Waals surface area contributed by atoms with Crippen molar-refractivity contribution in [1.29, 1.82) is 0 Å². The molecule has 1 aromatic heterocycles. The van der Waals surface area contributed by atoms with Gasteiger partial charge in [-0.2, -0.15) is 0 Å². The lowest BCUT2D eigenvalue weighted by molar-refractivity contribution is 0.301. The summed E-state index contributed by atoms with van der Waals surface area (Å²) in [4.78, 5) is 6.46. The maximum absolute atomic E-state index is 5.66. The number of hydrogen-bond donors (Lipinski definition) is 0. The third-order valence-electron chi connectivity index (χ3n) is 2.65. The molecule has 0 unspecified atom stereocenters. The summed E-state index contributed by atoms with van der Waals surface area (Å²) in [6.07, 6.45) is 7.18. The van der Waals surface area contributed by atoms with Gasteiger partial charge in [-0.25, -0.2) is 0 Å². The van der Waals surface area contributed by atoms with Crippen LogP contribution in [0.25, 0.3) is 0 Å². The molecule has 1 aliphatic heterocycles. The number of hydrogen-bond acceptors (Lipinski definition) is 3. The van der Waals surface area contributed by atoms with Gasteiger partial charge < -0.3 is 9.64 Å². The van der Waals surface area contributed by atoms with Crippen LogP contribution in [0.4, 0.5) is 0 Å². The molecule has 0 aromatic carbocycles. The number of pyridine rings is 1. The summed E-state index contributed by atoms with van der Waals surface area (Å²) in [7, 11) is 0. The SMILES string of the molecule is Brc1cnccc1OCCCCCN1CC1. The quantitative estimate of drug-likeness (QED) is 0.569. The molecule has 0 aliphatic carbocycles. The molecule has 0 radical (unpaired) electrons. The van der Waals surface area contributed by atoms with Crippen LogP contribution in [0, 0.1) is 0 Å². The molecule has 16 heavy (non-hydrogen) atoms. The molecule has 0 spiro atoms. The second-order valence-electron chi connectivity index (χ2n) is 4.06. The van der Waals surface area contributed by atoms with Crippen molar-refractivity contribution in [1.82, 2.24) is 9.88 Å². The molecule has 3 nitrogen and oxygen atoms in total. The van der Waals surface area contributed by atoms with Gasteiger partial charge >= 0.3 is 0 Å². The van der Waals surface area contributed by atoms with Crippen molar-refractivity contribution in [2.75, 3.05) is 26.2 Å². The monoisotopic (exact) mass is 284 g/mol. The van der Waals surface area contributed by atoms with Gasteiger partial charge in [0.2, 0.25) is 0 Å². The first-order valence-corrected chi connectivity index (χ1v) is 6.60. The van der Waals surface area contributed by atoms with E-state index in [1.165, 1.54) is 32.5 Å². The first-order chi connectivity index (χ1) is 7.86. The van der Waals surface area contributed by atoms with Crippen LogP contribution in [0.15, 0.2) is 22.9 Å². The van der Waals surface area contributed by atoms with E-state index < -0.39 is 0 Å². The van der Waals surface area contributed by atoms with Gasteiger partial charge in [-0.15, -0.1) is 0 Å². The molecule has 1 fully saturated rings. The summed E-state index contributed by atoms with van der Waals surface area (Å²) in [5, 5.41) is 0. The van der Waals surface area contributed by atoms with Gasteiger partial charge in [0, 0.05) is 25.5 Å². The highest BCUT2D eigenvalue weighted by Gasteiger charge is 2.15. The molecule has 1 aliphatic rings. The van der Waals surface area contributed by atoms with Gasteiger partial charge in [0.25, 0.3) is 0 Å². The molecule has 2 rings (SSSR count). The van der Waals surface area contributed by atoms with E-state index in [-0.39, 0.29) is 0 Å². The molecule has 88 valence electrons. The van der Waals surface area contributed by atoms with Crippen LogP contribution in [0.2, 0.25) is 0 Å². The second-order valence-corrected chi connectivity index (χ2v) is 4.91. The molecule has 0 N–H and O–H groups in total. The first kappa shape index (κ1) is 11.9. The summed E-state index contributed by atoms with van der Waals surface area (Å²) >= 11 is 3.41. The number of nitrogens with zero attached hydrogens (tertiary/aromatic N) is 2. The number of halogens is 1. The zero-order chi connectivity index (χ0) is 11.2. The minimum atomic E-state index is 0.794. The average molecular weight is 285 g/mol. The van der Waals surface area contributed by atoms with Gasteiger partial charge in [-0.3, -0.25) is 4.98 Å². The van der Waals surface area contributed by atoms with Crippen molar-refractivity contribution in [2.24, 2.45) is 0 Å². The molecule has 0 atom stereocenters. The predicted molar refractivity (Wildman–Crippen MR) is 67.7 cm³/mol. The van der Waals surface area contributed by atoms with Crippen molar-refractivity contribution in [3.05, 3.63) is 22.9 Å². The Balaban J connectivity index is 1.55. The lowest BCUT2D eigenvalue weighted by Gasteiger charge is -2.07. The van der Waals surface area contributed by atoms with Crippen molar-refractivity contribution >= 4 is 15.9 Å². The largest absolute Gasteiger partial charge is 0.492 e. The highest BCUT2D eigenvalue weighted by molar-refractivity contribution is 9.10. The fourth-order valence-corrected chi connectivity index (χ4v) is 1.94. The lowest BCUT2D eigenvalue weighted by atomic mass is 10.2. The van der Waals surface area contributed by atoms with E-state index in [2.05, 4.69) is 25.8 Å². The molecule has 4 heteroatoms. The Kier molecular flexibility index (Phi) is 4.60. The third-order valence-corrected chi connectivity index (χ3v) is 3.25. The van der Waals surface area contributed by atoms with Gasteiger partial charge in [-0.05, 0) is 47.8 Å². The smallest absolute Gasteiger partial charge is 0.136 e. The van der Waals surface area contributed by atoms with Crippen molar-refractivity contribution < 1.29 is 4.74 Å². The van der Waals surface area contributed by atoms with Gasteiger partial charge in [0.05, 0.1) is 11.1 Å². The Bertz CT molecular complexity index is 329. The van der Waals surface area contributed by atoms with Crippen molar-refractivity contribution in [3.8, 4) is 5.75 Å². The van der Waals surface area contributed by atoms with E-state index >= 15 is 0 Å². The van der Waals surface area contributed by atoms with E-state index in [0.29, 0.717) is 0 Å². The van der Waals surface area contributed by atoms with Crippen molar-refractivity contribution in [3.63, 3.8) is 0 Å². The van der Waals surface area contributed by atoms with E-state index in [1.807, 2.05) is 6.07 Å². The highest BCUT2D eigenvalue weighted by atomic mass is 79.9. The van der Waals surface area contributed by atoms with Gasteiger partial charge in [-0.1, -0.05) is 0 Å². The van der Waals surface area contributed by atoms with Gasteiger partial charge in [0.15, 0.2) is 0 Å². The summed E-state index contributed by atoms with van der Waals surface area (Å²) in [5.41, 5.74) is 0. The number of ether oxygens (including phenoxy) is 1. The molecule has 0 amide bonds. The maximum atomic E-state index is 5.66. The Morgan fingerprint density at radius 1 is 1.31 bits per heavy atom. The molecular weight excluding hydrogens is 268 g/mol. The van der Waals surface area contributed by atoms with E-state index in [4.69, 9.17) is 4.74 Å². The molecule has 0 saturated carbocycles. The Morgan fingerprint density at radius 2 is 2.19 bits per heavy atom. The third kappa shape index (κ3) is 4.10. The van der Waals surface area contributed by atoms with Gasteiger partial charge in [0.1, 0.15) is 5.75 Å². The molecule has 0 bridgehead atoms. The molecular formula is C12H17BrN2O. The van der Waals surface area contributed by atoms with Crippen LogP contribution in [0.5, 0.6) is 5.75 Å². The van der Waals surface area contributed by atoms with Crippen molar-refractivity contribution in [2.45, 2.75) is 19.3 Å². The summed E-state index contributed by atoms with van der Waals surface area (Å²) < 4.78 is 6.59. The Hall–Kier alpha value is -0.610. The van der Waals surface area contributed by atoms with Crippen LogP contribution >= 0.6 is 15.9 Å². The molecule has 1 saturated heterocycles. The normalized spacial score (nSPS) is 15.1. The van der Waals surface area contributed by atoms with Crippen LogP contribution in [-0.2, 0) is 0 Å².